The maximum absolute atomic E-state index is 13.3. The molecule has 0 aliphatic carbocycles. The number of esters is 2. The van der Waals surface area contributed by atoms with Gasteiger partial charge in [-0.3, -0.25) is 14.9 Å². The number of halogens is 2. The third-order valence-electron chi connectivity index (χ3n) is 2.36. The second-order valence-corrected chi connectivity index (χ2v) is 4.87. The first-order chi connectivity index (χ1) is 10.2. The standard InChI is InChI=1S/C13H13ClFNO6/c1-7(2)22-12(17)3-4-21-13(18)8-5-11(16(19)20)10(15)6-9(8)14/h5-7H,3-4H2,1-2H3. The first kappa shape index (κ1) is 17.8. The lowest BCUT2D eigenvalue weighted by molar-refractivity contribution is -0.387. The van der Waals surface area contributed by atoms with Crippen molar-refractivity contribution in [3.63, 3.8) is 0 Å². The number of carbonyl (C=O) groups excluding carboxylic acids is 2. The molecular weight excluding hydrogens is 321 g/mol. The van der Waals surface area contributed by atoms with Crippen LogP contribution >= 0.6 is 11.6 Å². The van der Waals surface area contributed by atoms with Gasteiger partial charge in [0.05, 0.1) is 28.0 Å². The molecule has 0 heterocycles. The van der Waals surface area contributed by atoms with Crippen LogP contribution in [0.3, 0.4) is 0 Å². The molecule has 0 fully saturated rings. The highest BCUT2D eigenvalue weighted by Gasteiger charge is 2.22. The van der Waals surface area contributed by atoms with Crippen molar-refractivity contribution in [1.82, 2.24) is 0 Å². The Labute approximate surface area is 130 Å². The van der Waals surface area contributed by atoms with Gasteiger partial charge in [0.15, 0.2) is 0 Å². The SMILES string of the molecule is CC(C)OC(=O)CCOC(=O)c1cc([N+](=O)[O-])c(F)cc1Cl. The zero-order chi connectivity index (χ0) is 16.9. The van der Waals surface area contributed by atoms with Crippen LogP contribution in [0.1, 0.15) is 30.6 Å². The second-order valence-electron chi connectivity index (χ2n) is 4.47. The van der Waals surface area contributed by atoms with Gasteiger partial charge in [0.1, 0.15) is 6.61 Å². The number of nitrogens with zero attached hydrogens (tertiary/aromatic N) is 1. The summed E-state index contributed by atoms with van der Waals surface area (Å²) < 4.78 is 22.9. The highest BCUT2D eigenvalue weighted by molar-refractivity contribution is 6.33. The number of nitro groups is 1. The van der Waals surface area contributed by atoms with Crippen molar-refractivity contribution in [2.24, 2.45) is 0 Å². The molecule has 1 rings (SSSR count). The fourth-order valence-electron chi connectivity index (χ4n) is 1.46. The Bertz CT molecular complexity index is 604. The molecule has 0 saturated carbocycles. The number of rotatable bonds is 6. The van der Waals surface area contributed by atoms with E-state index in [9.17, 15) is 24.1 Å². The first-order valence-corrected chi connectivity index (χ1v) is 6.60. The van der Waals surface area contributed by atoms with Gasteiger partial charge in [-0.1, -0.05) is 11.6 Å². The quantitative estimate of drug-likeness (QED) is 0.451. The first-order valence-electron chi connectivity index (χ1n) is 6.22. The van der Waals surface area contributed by atoms with E-state index in [1.807, 2.05) is 0 Å². The molecule has 1 aromatic rings. The van der Waals surface area contributed by atoms with Crippen molar-refractivity contribution in [2.75, 3.05) is 6.61 Å². The molecule has 0 aliphatic heterocycles. The Morgan fingerprint density at radius 1 is 1.41 bits per heavy atom. The van der Waals surface area contributed by atoms with Crippen LogP contribution in [0.5, 0.6) is 0 Å². The normalized spacial score (nSPS) is 10.4. The van der Waals surface area contributed by atoms with Crippen molar-refractivity contribution >= 4 is 29.2 Å². The minimum Gasteiger partial charge on any atom is -0.463 e. The van der Waals surface area contributed by atoms with Crippen LogP contribution in [-0.2, 0) is 14.3 Å². The Morgan fingerprint density at radius 3 is 2.59 bits per heavy atom. The van der Waals surface area contributed by atoms with Crippen LogP contribution in [0.4, 0.5) is 10.1 Å². The molecule has 0 aliphatic rings. The number of carbonyl (C=O) groups is 2. The fourth-order valence-corrected chi connectivity index (χ4v) is 1.69. The average molecular weight is 334 g/mol. The molecule has 0 atom stereocenters. The summed E-state index contributed by atoms with van der Waals surface area (Å²) in [7, 11) is 0. The predicted molar refractivity (Wildman–Crippen MR) is 74.2 cm³/mol. The highest BCUT2D eigenvalue weighted by Crippen LogP contribution is 2.26. The van der Waals surface area contributed by atoms with E-state index in [-0.39, 0.29) is 29.7 Å². The predicted octanol–water partition coefficient (Wildman–Crippen LogP) is 2.89. The van der Waals surface area contributed by atoms with Gasteiger partial charge in [0, 0.05) is 12.1 Å². The van der Waals surface area contributed by atoms with Gasteiger partial charge >= 0.3 is 17.6 Å². The Morgan fingerprint density at radius 2 is 2.05 bits per heavy atom. The van der Waals surface area contributed by atoms with Crippen molar-refractivity contribution in [1.29, 1.82) is 0 Å². The van der Waals surface area contributed by atoms with E-state index in [1.165, 1.54) is 0 Å². The summed E-state index contributed by atoms with van der Waals surface area (Å²) in [6.45, 7) is 3.05. The van der Waals surface area contributed by atoms with Crippen molar-refractivity contribution in [3.8, 4) is 0 Å². The van der Waals surface area contributed by atoms with Crippen molar-refractivity contribution in [2.45, 2.75) is 26.4 Å². The van der Waals surface area contributed by atoms with E-state index in [0.29, 0.717) is 12.1 Å². The lowest BCUT2D eigenvalue weighted by Gasteiger charge is -2.09. The number of hydrogen-bond acceptors (Lipinski definition) is 6. The topological polar surface area (TPSA) is 95.7 Å². The zero-order valence-corrected chi connectivity index (χ0v) is 12.6. The Kier molecular flexibility index (Phi) is 6.24. The molecular formula is C13H13ClFNO6. The zero-order valence-electron chi connectivity index (χ0n) is 11.8. The van der Waals surface area contributed by atoms with Crippen LogP contribution in [0.15, 0.2) is 12.1 Å². The lowest BCUT2D eigenvalue weighted by atomic mass is 10.2. The van der Waals surface area contributed by atoms with E-state index in [0.717, 1.165) is 0 Å². The maximum Gasteiger partial charge on any atom is 0.339 e. The maximum atomic E-state index is 13.3. The van der Waals surface area contributed by atoms with E-state index in [4.69, 9.17) is 21.1 Å². The number of hydrogen-bond donors (Lipinski definition) is 0. The summed E-state index contributed by atoms with van der Waals surface area (Å²) in [5, 5.41) is 10.3. The van der Waals surface area contributed by atoms with E-state index in [1.54, 1.807) is 13.8 Å². The van der Waals surface area contributed by atoms with E-state index in [2.05, 4.69) is 0 Å². The lowest BCUT2D eigenvalue weighted by Crippen LogP contribution is -2.15. The smallest absolute Gasteiger partial charge is 0.339 e. The number of benzene rings is 1. The van der Waals surface area contributed by atoms with Crippen molar-refractivity contribution in [3.05, 3.63) is 38.7 Å². The van der Waals surface area contributed by atoms with Gasteiger partial charge in [0.2, 0.25) is 5.82 Å². The van der Waals surface area contributed by atoms with Gasteiger partial charge in [-0.25, -0.2) is 4.79 Å². The molecule has 1 aromatic carbocycles. The van der Waals surface area contributed by atoms with Crippen LogP contribution < -0.4 is 0 Å². The van der Waals surface area contributed by atoms with Crippen LogP contribution in [0.2, 0.25) is 5.02 Å². The van der Waals surface area contributed by atoms with Gasteiger partial charge in [-0.05, 0) is 13.8 Å². The molecule has 0 saturated heterocycles. The molecule has 22 heavy (non-hydrogen) atoms. The molecule has 120 valence electrons. The minimum atomic E-state index is -1.16. The summed E-state index contributed by atoms with van der Waals surface area (Å²) in [5.74, 6) is -2.71. The average Bonchev–Trinajstić information content (AvgIpc) is 2.36. The summed E-state index contributed by atoms with van der Waals surface area (Å²) >= 11 is 5.66. The van der Waals surface area contributed by atoms with Gasteiger partial charge in [-0.15, -0.1) is 0 Å². The van der Waals surface area contributed by atoms with Gasteiger partial charge in [0.25, 0.3) is 0 Å². The van der Waals surface area contributed by atoms with Gasteiger partial charge < -0.3 is 9.47 Å². The summed E-state index contributed by atoms with van der Waals surface area (Å²) in [4.78, 5) is 32.6. The Balaban J connectivity index is 2.72. The van der Waals surface area contributed by atoms with Crippen molar-refractivity contribution < 1.29 is 28.4 Å². The molecule has 0 spiro atoms. The number of ether oxygens (including phenoxy) is 2. The summed E-state index contributed by atoms with van der Waals surface area (Å²) in [6, 6.07) is 1.34. The minimum absolute atomic E-state index is 0.176. The second kappa shape index (κ2) is 7.69. The monoisotopic (exact) mass is 333 g/mol. The number of nitro benzene ring substituents is 1. The fraction of sp³-hybridized carbons (Fsp3) is 0.385. The largest absolute Gasteiger partial charge is 0.463 e. The van der Waals surface area contributed by atoms with E-state index >= 15 is 0 Å². The Hall–Kier alpha value is -2.22. The molecule has 0 aromatic heterocycles. The molecule has 9 heteroatoms. The highest BCUT2D eigenvalue weighted by atomic mass is 35.5. The molecule has 0 unspecified atom stereocenters. The third-order valence-corrected chi connectivity index (χ3v) is 2.67. The third kappa shape index (κ3) is 4.96. The molecule has 0 N–H and O–H groups in total. The summed E-state index contributed by atoms with van der Waals surface area (Å²) in [6.07, 6.45) is -0.470. The molecule has 0 radical (unpaired) electrons. The molecule has 0 bridgehead atoms. The van der Waals surface area contributed by atoms with E-state index < -0.39 is 28.4 Å². The summed E-state index contributed by atoms with van der Waals surface area (Å²) in [5.41, 5.74) is -1.25. The molecule has 7 nitrogen and oxygen atoms in total. The van der Waals surface area contributed by atoms with Crippen LogP contribution in [0.25, 0.3) is 0 Å². The van der Waals surface area contributed by atoms with Crippen LogP contribution in [0, 0.1) is 15.9 Å². The van der Waals surface area contributed by atoms with Gasteiger partial charge in [-0.2, -0.15) is 4.39 Å². The molecule has 0 amide bonds. The van der Waals surface area contributed by atoms with Crippen LogP contribution in [-0.4, -0.2) is 29.6 Å².